The van der Waals surface area contributed by atoms with Crippen LogP contribution in [0.5, 0.6) is 0 Å². The van der Waals surface area contributed by atoms with Crippen LogP contribution in [0.25, 0.3) is 17.0 Å². The van der Waals surface area contributed by atoms with Gasteiger partial charge in [0.25, 0.3) is 5.91 Å². The predicted molar refractivity (Wildman–Crippen MR) is 132 cm³/mol. The summed E-state index contributed by atoms with van der Waals surface area (Å²) in [6.07, 6.45) is -2.21. The van der Waals surface area contributed by atoms with Gasteiger partial charge in [-0.3, -0.25) is 9.59 Å². The molecule has 5 rings (SSSR count). The highest BCUT2D eigenvalue weighted by atomic mass is 19.4. The lowest BCUT2D eigenvalue weighted by atomic mass is 10.1. The van der Waals surface area contributed by atoms with E-state index >= 15 is 0 Å². The summed E-state index contributed by atoms with van der Waals surface area (Å²) in [7, 11) is 0. The molecule has 10 heteroatoms. The van der Waals surface area contributed by atoms with Crippen molar-refractivity contribution in [2.24, 2.45) is 5.10 Å². The van der Waals surface area contributed by atoms with Crippen LogP contribution in [-0.4, -0.2) is 28.3 Å². The Labute approximate surface area is 208 Å². The summed E-state index contributed by atoms with van der Waals surface area (Å²) in [6.45, 7) is -0.161. The van der Waals surface area contributed by atoms with Gasteiger partial charge in [-0.15, -0.1) is 0 Å². The molecule has 186 valence electrons. The Balaban J connectivity index is 1.51. The van der Waals surface area contributed by atoms with Crippen molar-refractivity contribution < 1.29 is 27.2 Å². The monoisotopic (exact) mass is 506 g/mol. The first-order valence-corrected chi connectivity index (χ1v) is 11.1. The summed E-state index contributed by atoms with van der Waals surface area (Å²) < 4.78 is 56.3. The number of halogens is 4. The van der Waals surface area contributed by atoms with E-state index < -0.39 is 35.1 Å². The lowest BCUT2D eigenvalue weighted by molar-refractivity contribution is -0.116. The Bertz CT molecular complexity index is 1560. The molecule has 0 saturated heterocycles. The molecule has 1 aromatic heterocycles. The maximum atomic E-state index is 13.9. The number of fused-ring (bicyclic) bond motifs is 1. The van der Waals surface area contributed by atoms with Gasteiger partial charge in [-0.2, -0.15) is 23.3 Å². The number of alkyl halides is 3. The highest BCUT2D eigenvalue weighted by molar-refractivity contribution is 6.34. The average Bonchev–Trinajstić information content (AvgIpc) is 3.39. The van der Waals surface area contributed by atoms with Crippen molar-refractivity contribution in [1.29, 1.82) is 0 Å². The maximum Gasteiger partial charge on any atom is 0.435 e. The average molecular weight is 506 g/mol. The van der Waals surface area contributed by atoms with Gasteiger partial charge in [-0.1, -0.05) is 36.4 Å². The van der Waals surface area contributed by atoms with E-state index in [4.69, 9.17) is 0 Å². The minimum absolute atomic E-state index is 0.161. The van der Waals surface area contributed by atoms with Gasteiger partial charge >= 0.3 is 6.18 Å². The van der Waals surface area contributed by atoms with Crippen molar-refractivity contribution in [3.8, 4) is 0 Å². The van der Waals surface area contributed by atoms with Crippen molar-refractivity contribution in [2.45, 2.75) is 12.7 Å². The van der Waals surface area contributed by atoms with Gasteiger partial charge in [0.2, 0.25) is 5.91 Å². The fraction of sp³-hybridized carbons (Fsp3) is 0.0741. The number of rotatable bonds is 5. The fourth-order valence-corrected chi connectivity index (χ4v) is 4.06. The standard InChI is InChI=1S/C27H18F4N4O2/c28-18-10-12-19(13-11-18)32-24(36)16-34-15-17(21-8-4-5-9-23(21)34)14-22-25(27(29,30)31)33-35(26(22)37)20-6-2-1-3-7-20/h1-15H,16H2,(H,32,36)/b22-14-. The summed E-state index contributed by atoms with van der Waals surface area (Å²) in [5.41, 5.74) is -0.395. The third kappa shape index (κ3) is 4.86. The molecule has 2 heterocycles. The van der Waals surface area contributed by atoms with Crippen LogP contribution in [-0.2, 0) is 16.1 Å². The largest absolute Gasteiger partial charge is 0.435 e. The van der Waals surface area contributed by atoms with E-state index in [0.717, 1.165) is 11.1 Å². The number of carbonyl (C=O) groups excluding carboxylic acids is 2. The summed E-state index contributed by atoms with van der Waals surface area (Å²) in [4.78, 5) is 25.7. The van der Waals surface area contributed by atoms with E-state index in [1.54, 1.807) is 47.0 Å². The number of carbonyl (C=O) groups is 2. The van der Waals surface area contributed by atoms with E-state index in [2.05, 4.69) is 10.4 Å². The van der Waals surface area contributed by atoms with Crippen LogP contribution in [0.15, 0.2) is 95.7 Å². The highest BCUT2D eigenvalue weighted by Gasteiger charge is 2.46. The van der Waals surface area contributed by atoms with E-state index in [9.17, 15) is 27.2 Å². The molecule has 1 aliphatic rings. The van der Waals surface area contributed by atoms with Crippen LogP contribution in [0.1, 0.15) is 5.56 Å². The second kappa shape index (κ2) is 9.38. The Morgan fingerprint density at radius 3 is 2.32 bits per heavy atom. The first-order chi connectivity index (χ1) is 17.7. The van der Waals surface area contributed by atoms with Crippen molar-refractivity contribution in [2.75, 3.05) is 10.3 Å². The third-order valence-electron chi connectivity index (χ3n) is 5.71. The number of nitrogens with one attached hydrogen (secondary N) is 1. The van der Waals surface area contributed by atoms with Crippen LogP contribution in [0.2, 0.25) is 0 Å². The summed E-state index contributed by atoms with van der Waals surface area (Å²) >= 11 is 0. The first kappa shape index (κ1) is 24.0. The maximum absolute atomic E-state index is 13.9. The van der Waals surface area contributed by atoms with Crippen LogP contribution in [0, 0.1) is 5.82 Å². The molecular formula is C27H18F4N4O2. The van der Waals surface area contributed by atoms with E-state index in [1.165, 1.54) is 42.6 Å². The van der Waals surface area contributed by atoms with Gasteiger partial charge < -0.3 is 9.88 Å². The van der Waals surface area contributed by atoms with E-state index in [-0.39, 0.29) is 12.2 Å². The number of aromatic nitrogens is 1. The molecule has 0 radical (unpaired) electrons. The minimum Gasteiger partial charge on any atom is -0.337 e. The molecule has 6 nitrogen and oxygen atoms in total. The minimum atomic E-state index is -4.86. The lowest BCUT2D eigenvalue weighted by Crippen LogP contribution is -2.25. The molecule has 0 unspecified atom stereocenters. The zero-order valence-corrected chi connectivity index (χ0v) is 19.0. The van der Waals surface area contributed by atoms with Gasteiger partial charge in [-0.05, 0) is 48.5 Å². The van der Waals surface area contributed by atoms with Gasteiger partial charge in [0, 0.05) is 28.4 Å². The molecule has 1 N–H and O–H groups in total. The van der Waals surface area contributed by atoms with Crippen molar-refractivity contribution in [1.82, 2.24) is 4.57 Å². The van der Waals surface area contributed by atoms with Gasteiger partial charge in [0.05, 0.1) is 11.3 Å². The summed E-state index contributed by atoms with van der Waals surface area (Å²) in [6, 6.07) is 19.9. The quantitative estimate of drug-likeness (QED) is 0.276. The second-order valence-corrected chi connectivity index (χ2v) is 8.24. The molecule has 0 atom stereocenters. The highest BCUT2D eigenvalue weighted by Crippen LogP contribution is 2.34. The molecule has 2 amide bonds. The number of benzene rings is 3. The second-order valence-electron chi connectivity index (χ2n) is 8.24. The summed E-state index contributed by atoms with van der Waals surface area (Å²) in [5.74, 6) is -1.78. The Kier molecular flexibility index (Phi) is 6.08. The normalized spacial score (nSPS) is 14.9. The SMILES string of the molecule is O=C(Cn1cc(/C=C2\C(=O)N(c3ccccc3)N=C2C(F)(F)F)c2ccccc21)Nc1ccc(F)cc1. The van der Waals surface area contributed by atoms with Crippen LogP contribution < -0.4 is 10.3 Å². The molecule has 0 spiro atoms. The third-order valence-corrected chi connectivity index (χ3v) is 5.71. The van der Waals surface area contributed by atoms with E-state index in [1.807, 2.05) is 0 Å². The van der Waals surface area contributed by atoms with Crippen LogP contribution >= 0.6 is 0 Å². The number of hydrazone groups is 1. The van der Waals surface area contributed by atoms with Gasteiger partial charge in [-0.25, -0.2) is 4.39 Å². The Hall–Kier alpha value is -4.73. The molecule has 37 heavy (non-hydrogen) atoms. The van der Waals surface area contributed by atoms with Crippen molar-refractivity contribution in [3.05, 3.63) is 102 Å². The zero-order valence-electron chi connectivity index (χ0n) is 19.0. The number of anilines is 2. The molecule has 3 aromatic carbocycles. The van der Waals surface area contributed by atoms with Gasteiger partial charge in [0.15, 0.2) is 5.71 Å². The lowest BCUT2D eigenvalue weighted by Gasteiger charge is -2.10. The van der Waals surface area contributed by atoms with Crippen LogP contribution in [0.3, 0.4) is 0 Å². The van der Waals surface area contributed by atoms with Crippen molar-refractivity contribution in [3.63, 3.8) is 0 Å². The van der Waals surface area contributed by atoms with Crippen molar-refractivity contribution >= 4 is 45.9 Å². The number of hydrogen-bond acceptors (Lipinski definition) is 3. The Morgan fingerprint density at radius 1 is 0.946 bits per heavy atom. The molecular weight excluding hydrogens is 488 g/mol. The smallest absolute Gasteiger partial charge is 0.337 e. The molecule has 0 saturated carbocycles. The fourth-order valence-electron chi connectivity index (χ4n) is 4.06. The van der Waals surface area contributed by atoms with E-state index in [0.29, 0.717) is 22.2 Å². The first-order valence-electron chi connectivity index (χ1n) is 11.1. The molecule has 4 aromatic rings. The molecule has 1 aliphatic heterocycles. The molecule has 0 aliphatic carbocycles. The Morgan fingerprint density at radius 2 is 1.62 bits per heavy atom. The topological polar surface area (TPSA) is 66.7 Å². The molecule has 0 bridgehead atoms. The zero-order chi connectivity index (χ0) is 26.2. The summed E-state index contributed by atoms with van der Waals surface area (Å²) in [5, 5.41) is 7.52. The van der Waals surface area contributed by atoms with Gasteiger partial charge in [0.1, 0.15) is 12.4 Å². The number of nitrogens with zero attached hydrogens (tertiary/aromatic N) is 3. The number of para-hydroxylation sites is 2. The number of amides is 2. The molecule has 0 fully saturated rings. The van der Waals surface area contributed by atoms with Crippen LogP contribution in [0.4, 0.5) is 28.9 Å². The predicted octanol–water partition coefficient (Wildman–Crippen LogP) is 5.77. The number of hydrogen-bond donors (Lipinski definition) is 1.